The molecule has 0 aliphatic heterocycles. The zero-order valence-electron chi connectivity index (χ0n) is 9.42. The van der Waals surface area contributed by atoms with Crippen molar-refractivity contribution in [3.8, 4) is 0 Å². The van der Waals surface area contributed by atoms with Gasteiger partial charge in [0.05, 0.1) is 23.4 Å². The minimum absolute atomic E-state index is 0.0231. The lowest BCUT2D eigenvalue weighted by Gasteiger charge is -2.06. The number of halogens is 2. The van der Waals surface area contributed by atoms with Gasteiger partial charge in [0.1, 0.15) is 11.0 Å². The minimum atomic E-state index is -0.636. The van der Waals surface area contributed by atoms with Crippen molar-refractivity contribution in [2.24, 2.45) is 0 Å². The second kappa shape index (κ2) is 5.15. The zero-order chi connectivity index (χ0) is 14.0. The van der Waals surface area contributed by atoms with Crippen LogP contribution in [0.25, 0.3) is 0 Å². The Morgan fingerprint density at radius 1 is 1.42 bits per heavy atom. The van der Waals surface area contributed by atoms with Gasteiger partial charge in [-0.3, -0.25) is 19.5 Å². The number of hydrogen-bond donors (Lipinski definition) is 0. The Balaban J connectivity index is 2.45. The SMILES string of the molecule is O=c1cc(Cl)ncn1Cc1cc(F)ccc1[N+](=O)[O-]. The van der Waals surface area contributed by atoms with E-state index in [0.29, 0.717) is 0 Å². The van der Waals surface area contributed by atoms with E-state index in [9.17, 15) is 19.3 Å². The lowest BCUT2D eigenvalue weighted by Crippen LogP contribution is -2.20. The number of nitrogens with zero attached hydrogens (tertiary/aromatic N) is 3. The Kier molecular flexibility index (Phi) is 3.57. The second-order valence-electron chi connectivity index (χ2n) is 3.71. The maximum atomic E-state index is 13.1. The molecule has 2 rings (SSSR count). The molecule has 6 nitrogen and oxygen atoms in total. The molecule has 1 heterocycles. The van der Waals surface area contributed by atoms with Crippen molar-refractivity contribution in [2.45, 2.75) is 6.54 Å². The molecule has 1 aromatic heterocycles. The summed E-state index contributed by atoms with van der Waals surface area (Å²) in [5.41, 5.74) is -0.655. The van der Waals surface area contributed by atoms with Crippen molar-refractivity contribution >= 4 is 17.3 Å². The summed E-state index contributed by atoms with van der Waals surface area (Å²) in [6, 6.07) is 4.13. The highest BCUT2D eigenvalue weighted by molar-refractivity contribution is 6.29. The first kappa shape index (κ1) is 13.2. The predicted octanol–water partition coefficient (Wildman–Crippen LogP) is 1.99. The van der Waals surface area contributed by atoms with Gasteiger partial charge in [-0.2, -0.15) is 0 Å². The third-order valence-electron chi connectivity index (χ3n) is 2.43. The van der Waals surface area contributed by atoms with E-state index < -0.39 is 16.3 Å². The van der Waals surface area contributed by atoms with E-state index >= 15 is 0 Å². The fourth-order valence-corrected chi connectivity index (χ4v) is 1.70. The van der Waals surface area contributed by atoms with Gasteiger partial charge in [-0.15, -0.1) is 0 Å². The minimum Gasteiger partial charge on any atom is -0.294 e. The average molecular weight is 284 g/mol. The largest absolute Gasteiger partial charge is 0.294 e. The number of rotatable bonds is 3. The van der Waals surface area contributed by atoms with Crippen molar-refractivity contribution in [1.82, 2.24) is 9.55 Å². The molecule has 1 aromatic carbocycles. The van der Waals surface area contributed by atoms with Gasteiger partial charge in [-0.05, 0) is 12.1 Å². The molecule has 0 saturated carbocycles. The molecular weight excluding hydrogens is 277 g/mol. The van der Waals surface area contributed by atoms with Crippen LogP contribution in [0.5, 0.6) is 0 Å². The molecule has 0 fully saturated rings. The number of nitro benzene ring substituents is 1. The summed E-state index contributed by atoms with van der Waals surface area (Å²) in [5, 5.41) is 10.8. The molecule has 2 aromatic rings. The van der Waals surface area contributed by atoms with Gasteiger partial charge in [-0.25, -0.2) is 9.37 Å². The zero-order valence-corrected chi connectivity index (χ0v) is 10.2. The van der Waals surface area contributed by atoms with Gasteiger partial charge in [0.25, 0.3) is 11.2 Å². The molecule has 0 saturated heterocycles. The van der Waals surface area contributed by atoms with Crippen LogP contribution in [0.15, 0.2) is 35.4 Å². The highest BCUT2D eigenvalue weighted by atomic mass is 35.5. The second-order valence-corrected chi connectivity index (χ2v) is 4.10. The first-order valence-corrected chi connectivity index (χ1v) is 5.50. The van der Waals surface area contributed by atoms with E-state index in [1.165, 1.54) is 0 Å². The summed E-state index contributed by atoms with van der Waals surface area (Å²) >= 11 is 5.53. The van der Waals surface area contributed by atoms with Crippen molar-refractivity contribution in [1.29, 1.82) is 0 Å². The van der Waals surface area contributed by atoms with Crippen LogP contribution in [0.4, 0.5) is 10.1 Å². The van der Waals surface area contributed by atoms with E-state index in [0.717, 1.165) is 35.2 Å². The molecule has 98 valence electrons. The summed E-state index contributed by atoms with van der Waals surface area (Å²) in [6.07, 6.45) is 1.15. The van der Waals surface area contributed by atoms with Gasteiger partial charge >= 0.3 is 0 Å². The van der Waals surface area contributed by atoms with E-state index in [4.69, 9.17) is 11.6 Å². The molecule has 0 atom stereocenters. The highest BCUT2D eigenvalue weighted by Crippen LogP contribution is 2.20. The molecule has 0 bridgehead atoms. The maximum Gasteiger partial charge on any atom is 0.274 e. The van der Waals surface area contributed by atoms with Gasteiger partial charge in [0.15, 0.2) is 0 Å². The van der Waals surface area contributed by atoms with Crippen LogP contribution >= 0.6 is 11.6 Å². The third-order valence-corrected chi connectivity index (χ3v) is 2.63. The molecule has 0 N–H and O–H groups in total. The summed E-state index contributed by atoms with van der Waals surface area (Å²) in [5.74, 6) is -0.615. The van der Waals surface area contributed by atoms with E-state index in [1.54, 1.807) is 0 Å². The molecular formula is C11H7ClFN3O3. The first-order chi connectivity index (χ1) is 8.97. The van der Waals surface area contributed by atoms with Gasteiger partial charge < -0.3 is 0 Å². The fraction of sp³-hybridized carbons (Fsp3) is 0.0909. The normalized spacial score (nSPS) is 10.4. The summed E-state index contributed by atoms with van der Waals surface area (Å²) in [6.45, 7) is -0.156. The molecule has 8 heteroatoms. The van der Waals surface area contributed by atoms with Crippen molar-refractivity contribution in [2.75, 3.05) is 0 Å². The standard InChI is InChI=1S/C11H7ClFN3O3/c12-10-4-11(17)15(6-14-10)5-7-3-8(13)1-2-9(7)16(18)19/h1-4,6H,5H2. The summed E-state index contributed by atoms with van der Waals surface area (Å²) < 4.78 is 14.2. The summed E-state index contributed by atoms with van der Waals surface area (Å²) in [7, 11) is 0. The summed E-state index contributed by atoms with van der Waals surface area (Å²) in [4.78, 5) is 25.5. The molecule has 0 amide bonds. The van der Waals surface area contributed by atoms with Crippen LogP contribution in [0.2, 0.25) is 5.15 Å². The number of hydrogen-bond acceptors (Lipinski definition) is 4. The molecule has 19 heavy (non-hydrogen) atoms. The lowest BCUT2D eigenvalue weighted by atomic mass is 10.1. The number of benzene rings is 1. The monoisotopic (exact) mass is 283 g/mol. The average Bonchev–Trinajstić information content (AvgIpc) is 2.32. The van der Waals surface area contributed by atoms with E-state index in [2.05, 4.69) is 4.98 Å². The molecule has 0 unspecified atom stereocenters. The van der Waals surface area contributed by atoms with Crippen LogP contribution in [-0.4, -0.2) is 14.5 Å². The van der Waals surface area contributed by atoms with Crippen molar-refractivity contribution in [3.05, 3.63) is 67.6 Å². The Morgan fingerprint density at radius 2 is 2.16 bits per heavy atom. The topological polar surface area (TPSA) is 78.0 Å². The van der Waals surface area contributed by atoms with Crippen LogP contribution in [0.1, 0.15) is 5.56 Å². The van der Waals surface area contributed by atoms with Crippen molar-refractivity contribution < 1.29 is 9.31 Å². The van der Waals surface area contributed by atoms with Crippen molar-refractivity contribution in [3.63, 3.8) is 0 Å². The van der Waals surface area contributed by atoms with Crippen LogP contribution in [-0.2, 0) is 6.54 Å². The van der Waals surface area contributed by atoms with Gasteiger partial charge in [0, 0.05) is 12.1 Å². The van der Waals surface area contributed by atoms with Gasteiger partial charge in [-0.1, -0.05) is 11.6 Å². The molecule has 0 aliphatic rings. The highest BCUT2D eigenvalue weighted by Gasteiger charge is 2.15. The quantitative estimate of drug-likeness (QED) is 0.490. The third kappa shape index (κ3) is 2.94. The van der Waals surface area contributed by atoms with E-state index in [-0.39, 0.29) is 22.9 Å². The first-order valence-electron chi connectivity index (χ1n) is 5.12. The van der Waals surface area contributed by atoms with Crippen LogP contribution in [0, 0.1) is 15.9 Å². The predicted molar refractivity (Wildman–Crippen MR) is 65.7 cm³/mol. The smallest absolute Gasteiger partial charge is 0.274 e. The Morgan fingerprint density at radius 3 is 2.79 bits per heavy atom. The maximum absolute atomic E-state index is 13.1. The van der Waals surface area contributed by atoms with E-state index in [1.807, 2.05) is 0 Å². The molecule has 0 radical (unpaired) electrons. The van der Waals surface area contributed by atoms with Gasteiger partial charge in [0.2, 0.25) is 0 Å². The number of nitro groups is 1. The molecule has 0 spiro atoms. The number of aromatic nitrogens is 2. The Labute approximate surface area is 111 Å². The Hall–Kier alpha value is -2.28. The fourth-order valence-electron chi connectivity index (χ4n) is 1.56. The lowest BCUT2D eigenvalue weighted by molar-refractivity contribution is -0.385. The molecule has 0 aliphatic carbocycles. The Bertz CT molecular complexity index is 702. The van der Waals surface area contributed by atoms with Crippen LogP contribution in [0.3, 0.4) is 0 Å². The van der Waals surface area contributed by atoms with Crippen LogP contribution < -0.4 is 5.56 Å².